The molecule has 1 N–H and O–H groups in total. The molecule has 0 heterocycles. The summed E-state index contributed by atoms with van der Waals surface area (Å²) in [5, 5.41) is 2.48. The van der Waals surface area contributed by atoms with E-state index in [-0.39, 0.29) is 17.1 Å². The molecule has 0 spiro atoms. The number of hydrogen-bond acceptors (Lipinski definition) is 4. The average molecular weight is 562 g/mol. The second kappa shape index (κ2) is 12.3. The van der Waals surface area contributed by atoms with E-state index in [4.69, 9.17) is 0 Å². The molecule has 1 atom stereocenters. The van der Waals surface area contributed by atoms with E-state index in [1.807, 2.05) is 30.3 Å². The van der Waals surface area contributed by atoms with Crippen LogP contribution in [0.3, 0.4) is 0 Å². The number of sulfonamides is 1. The average Bonchev–Trinajstić information content (AvgIpc) is 2.91. The third kappa shape index (κ3) is 7.38. The van der Waals surface area contributed by atoms with Crippen molar-refractivity contribution >= 4 is 27.5 Å². The van der Waals surface area contributed by atoms with Crippen LogP contribution < -0.4 is 9.62 Å². The van der Waals surface area contributed by atoms with E-state index in [0.717, 1.165) is 23.3 Å². The molecule has 39 heavy (non-hydrogen) atoms. The van der Waals surface area contributed by atoms with Gasteiger partial charge < -0.3 is 10.2 Å². The summed E-state index contributed by atoms with van der Waals surface area (Å²) < 4.78 is 68.5. The van der Waals surface area contributed by atoms with Crippen molar-refractivity contribution in [2.75, 3.05) is 24.4 Å². The Kier molecular flexibility index (Phi) is 9.39. The lowest BCUT2D eigenvalue weighted by Gasteiger charge is -2.32. The quantitative estimate of drug-likeness (QED) is 0.397. The number of likely N-dealkylation sites (N-methyl/N-ethyl adjacent to an activating group) is 1. The number of rotatable bonds is 10. The first-order chi connectivity index (χ1) is 18.3. The van der Waals surface area contributed by atoms with Gasteiger partial charge in [0.15, 0.2) is 0 Å². The van der Waals surface area contributed by atoms with E-state index in [2.05, 4.69) is 5.32 Å². The monoisotopic (exact) mass is 561 g/mol. The maximum absolute atomic E-state index is 13.7. The van der Waals surface area contributed by atoms with Crippen LogP contribution in [0.25, 0.3) is 0 Å². The highest BCUT2D eigenvalue weighted by Crippen LogP contribution is 2.33. The van der Waals surface area contributed by atoms with Gasteiger partial charge in [-0.15, -0.1) is 0 Å². The van der Waals surface area contributed by atoms with Crippen LogP contribution in [0.2, 0.25) is 0 Å². The van der Waals surface area contributed by atoms with Crippen molar-refractivity contribution < 1.29 is 31.2 Å². The van der Waals surface area contributed by atoms with Crippen LogP contribution in [-0.2, 0) is 32.2 Å². The highest BCUT2D eigenvalue weighted by Gasteiger charge is 2.35. The third-order valence-electron chi connectivity index (χ3n) is 6.25. The number of nitrogens with one attached hydrogen (secondary N) is 1. The molecule has 0 fully saturated rings. The second-order valence-electron chi connectivity index (χ2n) is 8.99. The summed E-state index contributed by atoms with van der Waals surface area (Å²) in [4.78, 5) is 27.2. The maximum atomic E-state index is 13.7. The predicted molar refractivity (Wildman–Crippen MR) is 143 cm³/mol. The molecule has 3 aromatic carbocycles. The molecule has 7 nitrogen and oxygen atoms in total. The second-order valence-corrected chi connectivity index (χ2v) is 10.8. The first-order valence-corrected chi connectivity index (χ1v) is 13.6. The summed E-state index contributed by atoms with van der Waals surface area (Å²) in [6.45, 7) is 2.53. The summed E-state index contributed by atoms with van der Waals surface area (Å²) >= 11 is 0. The summed E-state index contributed by atoms with van der Waals surface area (Å²) in [6, 6.07) is 17.8. The largest absolute Gasteiger partial charge is 0.416 e. The minimum atomic E-state index is -4.73. The molecule has 0 radical (unpaired) electrons. The van der Waals surface area contributed by atoms with Gasteiger partial charge >= 0.3 is 6.18 Å². The number of alkyl halides is 3. The van der Waals surface area contributed by atoms with Crippen molar-refractivity contribution in [3.05, 3.63) is 95.6 Å². The van der Waals surface area contributed by atoms with E-state index in [9.17, 15) is 31.2 Å². The first-order valence-electron chi connectivity index (χ1n) is 12.2. The van der Waals surface area contributed by atoms with Crippen LogP contribution in [0.4, 0.5) is 18.9 Å². The minimum absolute atomic E-state index is 0.0818. The van der Waals surface area contributed by atoms with Gasteiger partial charge in [0, 0.05) is 13.6 Å². The molecule has 0 bridgehead atoms. The van der Waals surface area contributed by atoms with Crippen molar-refractivity contribution in [3.63, 3.8) is 0 Å². The molecule has 0 saturated heterocycles. The van der Waals surface area contributed by atoms with E-state index in [1.165, 1.54) is 37.1 Å². The highest BCUT2D eigenvalue weighted by molar-refractivity contribution is 7.92. The number of benzene rings is 3. The number of halogens is 3. The van der Waals surface area contributed by atoms with Crippen LogP contribution in [0, 0.1) is 6.92 Å². The molecule has 3 aromatic rings. The Morgan fingerprint density at radius 3 is 2.18 bits per heavy atom. The van der Waals surface area contributed by atoms with E-state index in [1.54, 1.807) is 19.1 Å². The van der Waals surface area contributed by atoms with Crippen molar-refractivity contribution in [3.8, 4) is 0 Å². The molecule has 208 valence electrons. The molecule has 2 amide bonds. The number of carbonyl (C=O) groups is 2. The van der Waals surface area contributed by atoms with Gasteiger partial charge in [-0.3, -0.25) is 13.9 Å². The lowest BCUT2D eigenvalue weighted by atomic mass is 10.1. The van der Waals surface area contributed by atoms with Gasteiger partial charge in [0.1, 0.15) is 12.6 Å². The van der Waals surface area contributed by atoms with Crippen molar-refractivity contribution in [1.29, 1.82) is 0 Å². The zero-order valence-corrected chi connectivity index (χ0v) is 22.6. The first kappa shape index (κ1) is 29.7. The third-order valence-corrected chi connectivity index (χ3v) is 8.04. The number of anilines is 1. The number of nitrogens with zero attached hydrogens (tertiary/aromatic N) is 2. The van der Waals surface area contributed by atoms with Gasteiger partial charge in [-0.2, -0.15) is 13.2 Å². The molecular formula is C28H30F3N3O4S. The van der Waals surface area contributed by atoms with Gasteiger partial charge in [0.05, 0.1) is 16.1 Å². The van der Waals surface area contributed by atoms with Crippen LogP contribution in [0.15, 0.2) is 83.8 Å². The standard InChI is InChI=1S/C28H30F3N3O4S/c1-20-12-14-25(15-13-20)39(37,38)34(24-11-7-10-23(18-24)28(29,30)31)19-26(35)33(21(2)27(36)32-3)17-16-22-8-5-4-6-9-22/h4-15,18,21H,16-17,19H2,1-3H3,(H,32,36). The normalized spacial score (nSPS) is 12.5. The summed E-state index contributed by atoms with van der Waals surface area (Å²) in [5.41, 5.74) is 0.286. The summed E-state index contributed by atoms with van der Waals surface area (Å²) in [5.74, 6) is -1.21. The molecular weight excluding hydrogens is 531 g/mol. The molecule has 0 aliphatic carbocycles. The molecule has 0 aliphatic heterocycles. The molecule has 0 aliphatic rings. The van der Waals surface area contributed by atoms with Crippen molar-refractivity contribution in [2.45, 2.75) is 37.4 Å². The van der Waals surface area contributed by atoms with Gasteiger partial charge in [-0.05, 0) is 56.2 Å². The number of aryl methyl sites for hydroxylation is 1. The smallest absolute Gasteiger partial charge is 0.357 e. The Morgan fingerprint density at radius 1 is 0.949 bits per heavy atom. The minimum Gasteiger partial charge on any atom is -0.357 e. The zero-order valence-electron chi connectivity index (χ0n) is 21.8. The molecule has 3 rings (SSSR count). The van der Waals surface area contributed by atoms with Crippen molar-refractivity contribution in [2.24, 2.45) is 0 Å². The SMILES string of the molecule is CNC(=O)C(C)N(CCc1ccccc1)C(=O)CN(c1cccc(C(F)(F)F)c1)S(=O)(=O)c1ccc(C)cc1. The summed E-state index contributed by atoms with van der Waals surface area (Å²) in [7, 11) is -3.05. The summed E-state index contributed by atoms with van der Waals surface area (Å²) in [6.07, 6.45) is -4.35. The highest BCUT2D eigenvalue weighted by atomic mass is 32.2. The lowest BCUT2D eigenvalue weighted by molar-refractivity contribution is -0.138. The van der Waals surface area contributed by atoms with Crippen LogP contribution in [-0.4, -0.2) is 51.3 Å². The van der Waals surface area contributed by atoms with E-state index >= 15 is 0 Å². The topological polar surface area (TPSA) is 86.8 Å². The Hall–Kier alpha value is -3.86. The molecule has 1 unspecified atom stereocenters. The van der Waals surface area contributed by atoms with Crippen molar-refractivity contribution in [1.82, 2.24) is 10.2 Å². The van der Waals surface area contributed by atoms with E-state index in [0.29, 0.717) is 16.8 Å². The van der Waals surface area contributed by atoms with Crippen LogP contribution >= 0.6 is 0 Å². The van der Waals surface area contributed by atoms with E-state index < -0.39 is 46.2 Å². The Labute approximate surface area is 226 Å². The van der Waals surface area contributed by atoms with Crippen LogP contribution in [0.5, 0.6) is 0 Å². The molecule has 0 saturated carbocycles. The zero-order chi connectivity index (χ0) is 28.8. The maximum Gasteiger partial charge on any atom is 0.416 e. The fourth-order valence-corrected chi connectivity index (χ4v) is 5.39. The Balaban J connectivity index is 2.04. The predicted octanol–water partition coefficient (Wildman–Crippen LogP) is 4.41. The van der Waals surface area contributed by atoms with Crippen LogP contribution in [0.1, 0.15) is 23.6 Å². The van der Waals surface area contributed by atoms with Gasteiger partial charge in [0.25, 0.3) is 10.0 Å². The van der Waals surface area contributed by atoms with Gasteiger partial charge in [-0.1, -0.05) is 54.1 Å². The molecule has 0 aromatic heterocycles. The molecule has 11 heteroatoms. The number of hydrogen-bond donors (Lipinski definition) is 1. The van der Waals surface area contributed by atoms with Gasteiger partial charge in [-0.25, -0.2) is 8.42 Å². The Morgan fingerprint density at radius 2 is 1.59 bits per heavy atom. The Bertz CT molecular complexity index is 1400. The lowest BCUT2D eigenvalue weighted by Crippen LogP contribution is -2.51. The van der Waals surface area contributed by atoms with Gasteiger partial charge in [0.2, 0.25) is 11.8 Å². The fourth-order valence-electron chi connectivity index (χ4n) is 3.98. The number of amides is 2. The fraction of sp³-hybridized carbons (Fsp3) is 0.286. The number of carbonyl (C=O) groups excluding carboxylic acids is 2.